The maximum absolute atomic E-state index is 12.8. The molecule has 2 unspecified atom stereocenters. The third-order valence-electron chi connectivity index (χ3n) is 5.73. The van der Waals surface area contributed by atoms with Crippen molar-refractivity contribution in [1.82, 2.24) is 14.9 Å². The monoisotopic (exact) mass is 403 g/mol. The van der Waals surface area contributed by atoms with Crippen molar-refractivity contribution in [3.63, 3.8) is 0 Å². The molecule has 1 heterocycles. The van der Waals surface area contributed by atoms with Gasteiger partial charge in [-0.3, -0.25) is 14.2 Å². The van der Waals surface area contributed by atoms with Crippen molar-refractivity contribution in [2.45, 2.75) is 58.0 Å². The number of carbonyl (C=O) groups excluding carboxylic acids is 1. The normalized spacial score (nSPS) is 19.1. The first kappa shape index (κ1) is 21.0. The molecule has 1 amide bonds. The van der Waals surface area contributed by atoms with E-state index in [1.165, 1.54) is 20.6 Å². The van der Waals surface area contributed by atoms with Crippen molar-refractivity contribution >= 4 is 16.8 Å². The van der Waals surface area contributed by atoms with E-state index in [9.17, 15) is 14.4 Å². The van der Waals surface area contributed by atoms with Gasteiger partial charge in [-0.2, -0.15) is 0 Å². The fraction of sp³-hybridized carbons (Fsp3) is 0.571. The minimum Gasteiger partial charge on any atom is -0.493 e. The van der Waals surface area contributed by atoms with Crippen LogP contribution in [0.1, 0.15) is 45.4 Å². The van der Waals surface area contributed by atoms with Gasteiger partial charge in [0, 0.05) is 25.1 Å². The maximum atomic E-state index is 12.8. The van der Waals surface area contributed by atoms with E-state index in [2.05, 4.69) is 17.2 Å². The van der Waals surface area contributed by atoms with Gasteiger partial charge in [-0.15, -0.1) is 0 Å². The second kappa shape index (κ2) is 9.15. The van der Waals surface area contributed by atoms with Crippen LogP contribution in [0.5, 0.6) is 11.5 Å². The fourth-order valence-electron chi connectivity index (χ4n) is 3.99. The molecule has 29 heavy (non-hydrogen) atoms. The van der Waals surface area contributed by atoms with Gasteiger partial charge in [-0.05, 0) is 31.2 Å². The first-order valence-electron chi connectivity index (χ1n) is 10.1. The number of carbonyl (C=O) groups is 1. The molecule has 0 radical (unpaired) electrons. The van der Waals surface area contributed by atoms with Gasteiger partial charge >= 0.3 is 5.69 Å². The van der Waals surface area contributed by atoms with E-state index in [1.54, 1.807) is 12.1 Å². The summed E-state index contributed by atoms with van der Waals surface area (Å²) in [4.78, 5) is 40.2. The van der Waals surface area contributed by atoms with E-state index in [0.29, 0.717) is 34.7 Å². The molecule has 2 aromatic rings. The quantitative estimate of drug-likeness (QED) is 0.738. The van der Waals surface area contributed by atoms with Gasteiger partial charge in [-0.25, -0.2) is 4.79 Å². The first-order valence-corrected chi connectivity index (χ1v) is 10.1. The topological polar surface area (TPSA) is 102 Å². The molecule has 1 aromatic carbocycles. The summed E-state index contributed by atoms with van der Waals surface area (Å²) in [6, 6.07) is 3.35. The van der Waals surface area contributed by atoms with Crippen LogP contribution < -0.4 is 26.0 Å². The number of fused-ring (bicyclic) bond motifs is 1. The first-order chi connectivity index (χ1) is 13.9. The Morgan fingerprint density at radius 2 is 1.86 bits per heavy atom. The highest BCUT2D eigenvalue weighted by atomic mass is 16.5. The second-order valence-electron chi connectivity index (χ2n) is 7.68. The summed E-state index contributed by atoms with van der Waals surface area (Å²) in [6.07, 6.45) is 5.21. The molecule has 0 aliphatic heterocycles. The molecule has 1 aliphatic rings. The molecule has 8 nitrogen and oxygen atoms in total. The van der Waals surface area contributed by atoms with E-state index >= 15 is 0 Å². The molecule has 2 N–H and O–H groups in total. The number of aromatic nitrogens is 2. The number of rotatable bonds is 7. The summed E-state index contributed by atoms with van der Waals surface area (Å²) in [5.74, 6) is 1.31. The Labute approximate surface area is 169 Å². The number of methoxy groups -OCH3 is 2. The number of H-pyrrole nitrogens is 1. The number of aromatic amines is 1. The zero-order valence-corrected chi connectivity index (χ0v) is 17.2. The molecule has 0 saturated heterocycles. The number of hydrogen-bond donors (Lipinski definition) is 2. The zero-order chi connectivity index (χ0) is 21.0. The maximum Gasteiger partial charge on any atom is 0.328 e. The molecule has 2 atom stereocenters. The van der Waals surface area contributed by atoms with Gasteiger partial charge in [0.25, 0.3) is 5.56 Å². The minimum absolute atomic E-state index is 0.0274. The Bertz CT molecular complexity index is 994. The number of ether oxygens (including phenoxy) is 2. The van der Waals surface area contributed by atoms with Crippen LogP contribution in [0.3, 0.4) is 0 Å². The minimum atomic E-state index is -0.504. The fourth-order valence-corrected chi connectivity index (χ4v) is 3.99. The van der Waals surface area contributed by atoms with E-state index in [1.807, 2.05) is 0 Å². The number of benzene rings is 1. The van der Waals surface area contributed by atoms with Gasteiger partial charge in [0.1, 0.15) is 0 Å². The van der Waals surface area contributed by atoms with Crippen molar-refractivity contribution in [3.05, 3.63) is 33.0 Å². The second-order valence-corrected chi connectivity index (χ2v) is 7.68. The third kappa shape index (κ3) is 4.63. The van der Waals surface area contributed by atoms with Gasteiger partial charge in [0.2, 0.25) is 5.91 Å². The van der Waals surface area contributed by atoms with Crippen LogP contribution in [0, 0.1) is 5.92 Å². The summed E-state index contributed by atoms with van der Waals surface area (Å²) in [6.45, 7) is 2.34. The van der Waals surface area contributed by atoms with Crippen molar-refractivity contribution in [3.8, 4) is 11.5 Å². The Hall–Kier alpha value is -2.77. The standard InChI is InChI=1S/C21H29N3O5/c1-13-7-4-5-8-15(13)22-19(25)9-6-10-24-20(26)14-11-17(28-2)18(29-3)12-16(14)23-21(24)27/h11-13,15H,4-10H2,1-3H3,(H,22,25)(H,23,27). The number of hydrogen-bond acceptors (Lipinski definition) is 5. The molecule has 1 fully saturated rings. The molecular formula is C21H29N3O5. The lowest BCUT2D eigenvalue weighted by atomic mass is 9.86. The predicted octanol–water partition coefficient (Wildman–Crippen LogP) is 2.18. The van der Waals surface area contributed by atoms with Crippen LogP contribution in [-0.4, -0.2) is 35.7 Å². The van der Waals surface area contributed by atoms with Crippen LogP contribution in [0.2, 0.25) is 0 Å². The highest BCUT2D eigenvalue weighted by Crippen LogP contribution is 2.29. The van der Waals surface area contributed by atoms with Crippen LogP contribution in [0.15, 0.2) is 21.7 Å². The van der Waals surface area contributed by atoms with Crippen LogP contribution in [0.4, 0.5) is 0 Å². The largest absolute Gasteiger partial charge is 0.493 e. The summed E-state index contributed by atoms with van der Waals surface area (Å²) in [5.41, 5.74) is -0.528. The zero-order valence-electron chi connectivity index (χ0n) is 17.2. The molecule has 3 rings (SSSR count). The summed E-state index contributed by atoms with van der Waals surface area (Å²) in [5, 5.41) is 3.43. The number of amides is 1. The van der Waals surface area contributed by atoms with E-state index in [-0.39, 0.29) is 24.9 Å². The smallest absolute Gasteiger partial charge is 0.328 e. The van der Waals surface area contributed by atoms with Crippen LogP contribution in [-0.2, 0) is 11.3 Å². The summed E-state index contributed by atoms with van der Waals surface area (Å²) in [7, 11) is 2.97. The van der Waals surface area contributed by atoms with E-state index < -0.39 is 11.2 Å². The number of nitrogens with one attached hydrogen (secondary N) is 2. The SMILES string of the molecule is COc1cc2[nH]c(=O)n(CCCC(=O)NC3CCCCC3C)c(=O)c2cc1OC. The Kier molecular flexibility index (Phi) is 6.61. The van der Waals surface area contributed by atoms with Crippen molar-refractivity contribution in [2.75, 3.05) is 14.2 Å². The van der Waals surface area contributed by atoms with Gasteiger partial charge in [-0.1, -0.05) is 19.8 Å². The lowest BCUT2D eigenvalue weighted by Crippen LogP contribution is -2.41. The van der Waals surface area contributed by atoms with Gasteiger partial charge in [0.15, 0.2) is 11.5 Å². The van der Waals surface area contributed by atoms with E-state index in [0.717, 1.165) is 23.8 Å². The van der Waals surface area contributed by atoms with Gasteiger partial charge < -0.3 is 19.8 Å². The number of nitrogens with zero attached hydrogens (tertiary/aromatic N) is 1. The summed E-state index contributed by atoms with van der Waals surface area (Å²) >= 11 is 0. The molecule has 158 valence electrons. The lowest BCUT2D eigenvalue weighted by molar-refractivity contribution is -0.122. The molecule has 1 saturated carbocycles. The third-order valence-corrected chi connectivity index (χ3v) is 5.73. The van der Waals surface area contributed by atoms with Crippen molar-refractivity contribution in [2.24, 2.45) is 5.92 Å². The Balaban J connectivity index is 1.70. The van der Waals surface area contributed by atoms with Crippen molar-refractivity contribution < 1.29 is 14.3 Å². The highest BCUT2D eigenvalue weighted by Gasteiger charge is 2.22. The molecule has 8 heteroatoms. The average molecular weight is 403 g/mol. The van der Waals surface area contributed by atoms with E-state index in [4.69, 9.17) is 9.47 Å². The van der Waals surface area contributed by atoms with Crippen LogP contribution in [0.25, 0.3) is 10.9 Å². The lowest BCUT2D eigenvalue weighted by Gasteiger charge is -2.29. The summed E-state index contributed by atoms with van der Waals surface area (Å²) < 4.78 is 11.6. The van der Waals surface area contributed by atoms with Crippen molar-refractivity contribution in [1.29, 1.82) is 0 Å². The molecular weight excluding hydrogens is 374 g/mol. The molecule has 0 bridgehead atoms. The van der Waals surface area contributed by atoms with Crippen LogP contribution >= 0.6 is 0 Å². The Morgan fingerprint density at radius 1 is 1.17 bits per heavy atom. The molecule has 0 spiro atoms. The Morgan fingerprint density at radius 3 is 2.55 bits per heavy atom. The molecule has 1 aromatic heterocycles. The molecule has 1 aliphatic carbocycles. The predicted molar refractivity (Wildman–Crippen MR) is 111 cm³/mol. The highest BCUT2D eigenvalue weighted by molar-refractivity contribution is 5.81. The van der Waals surface area contributed by atoms with Gasteiger partial charge in [0.05, 0.1) is 25.1 Å². The average Bonchev–Trinajstić information content (AvgIpc) is 2.71.